The molecule has 0 spiro atoms. The van der Waals surface area contributed by atoms with Gasteiger partial charge in [-0.2, -0.15) is 0 Å². The number of carboxylic acids is 1. The Morgan fingerprint density at radius 3 is 2.24 bits per heavy atom. The molecule has 45 heavy (non-hydrogen) atoms. The topological polar surface area (TPSA) is 157 Å². The zero-order chi connectivity index (χ0) is 33.9. The molecule has 0 aromatic rings. The lowest BCUT2D eigenvalue weighted by atomic mass is 9.37. The van der Waals surface area contributed by atoms with Crippen LogP contribution in [0.25, 0.3) is 0 Å². The first-order valence-corrected chi connectivity index (χ1v) is 17.0. The molecule has 1 heterocycles. The fourth-order valence-electron chi connectivity index (χ4n) is 10.6. The summed E-state index contributed by atoms with van der Waals surface area (Å²) in [6.45, 7) is 22.4. The lowest BCUT2D eigenvalue weighted by Crippen LogP contribution is -2.65. The standard InChI is InChI=1S/C36H60O9/c1-19(2)22-10-15-34(7)26(33(22,6)14-13-27(38)39)18-25(45-32-31(42)30(41)29(40)21(5)44-32)28-23(11-16-35(28,34)8)36(9,43)17-12-24(37)20(3)4/h21-26,28-32,37,40-43H,1,3,10-18H2,2,4-9H3,(H,38,39)/t21-,22?,23?,24?,25?,26?,28?,29-,30+,31-,32+,33?,34?,35?,36?/m1/s1. The fourth-order valence-corrected chi connectivity index (χ4v) is 10.6. The molecule has 6 N–H and O–H groups in total. The van der Waals surface area contributed by atoms with E-state index in [1.165, 1.54) is 0 Å². The van der Waals surface area contributed by atoms with Gasteiger partial charge in [-0.15, -0.1) is 0 Å². The zero-order valence-corrected chi connectivity index (χ0v) is 28.5. The first-order chi connectivity index (χ1) is 20.7. The van der Waals surface area contributed by atoms with Gasteiger partial charge < -0.3 is 40.1 Å². The molecule has 0 amide bonds. The molecule has 0 bridgehead atoms. The van der Waals surface area contributed by atoms with Crippen LogP contribution in [0, 0.1) is 39.9 Å². The number of hydrogen-bond acceptors (Lipinski definition) is 8. The van der Waals surface area contributed by atoms with E-state index in [0.29, 0.717) is 31.3 Å². The van der Waals surface area contributed by atoms with Crippen molar-refractivity contribution in [1.82, 2.24) is 0 Å². The minimum absolute atomic E-state index is 0.0486. The molecular formula is C36H60O9. The Balaban J connectivity index is 1.79. The van der Waals surface area contributed by atoms with Crippen molar-refractivity contribution in [3.05, 3.63) is 24.3 Å². The first kappa shape index (κ1) is 36.5. The highest BCUT2D eigenvalue weighted by Crippen LogP contribution is 2.74. The van der Waals surface area contributed by atoms with E-state index >= 15 is 0 Å². The Morgan fingerprint density at radius 1 is 1.04 bits per heavy atom. The number of aliphatic carboxylic acids is 1. The Hall–Kier alpha value is -1.33. The van der Waals surface area contributed by atoms with Crippen molar-refractivity contribution in [3.63, 3.8) is 0 Å². The van der Waals surface area contributed by atoms with Crippen molar-refractivity contribution in [3.8, 4) is 0 Å². The number of carbonyl (C=O) groups is 1. The molecule has 3 aliphatic carbocycles. The van der Waals surface area contributed by atoms with E-state index in [9.17, 15) is 35.4 Å². The predicted molar refractivity (Wildman–Crippen MR) is 171 cm³/mol. The van der Waals surface area contributed by atoms with Crippen LogP contribution < -0.4 is 0 Å². The monoisotopic (exact) mass is 636 g/mol. The third-order valence-electron chi connectivity index (χ3n) is 13.5. The van der Waals surface area contributed by atoms with Crippen molar-refractivity contribution in [2.24, 2.45) is 39.9 Å². The molecule has 1 aliphatic heterocycles. The normalized spacial score (nSPS) is 46.8. The lowest BCUT2D eigenvalue weighted by molar-refractivity contribution is -0.327. The van der Waals surface area contributed by atoms with Crippen molar-refractivity contribution in [2.75, 3.05) is 0 Å². The van der Waals surface area contributed by atoms with Crippen LogP contribution in [0.1, 0.15) is 106 Å². The molecule has 0 aromatic carbocycles. The van der Waals surface area contributed by atoms with Crippen molar-refractivity contribution in [1.29, 1.82) is 0 Å². The van der Waals surface area contributed by atoms with E-state index in [1.807, 2.05) is 13.8 Å². The van der Waals surface area contributed by atoms with Crippen LogP contribution in [0.4, 0.5) is 0 Å². The molecule has 258 valence electrons. The van der Waals surface area contributed by atoms with Gasteiger partial charge in [0.2, 0.25) is 0 Å². The van der Waals surface area contributed by atoms with Crippen LogP contribution in [-0.2, 0) is 14.3 Å². The summed E-state index contributed by atoms with van der Waals surface area (Å²) in [4.78, 5) is 11.9. The first-order valence-electron chi connectivity index (χ1n) is 17.0. The summed E-state index contributed by atoms with van der Waals surface area (Å²) >= 11 is 0. The molecular weight excluding hydrogens is 576 g/mol. The summed E-state index contributed by atoms with van der Waals surface area (Å²) < 4.78 is 12.7. The van der Waals surface area contributed by atoms with Gasteiger partial charge in [0.05, 0.1) is 23.9 Å². The molecule has 1 saturated heterocycles. The summed E-state index contributed by atoms with van der Waals surface area (Å²) in [7, 11) is 0. The maximum atomic E-state index is 12.1. The highest BCUT2D eigenvalue weighted by molar-refractivity contribution is 5.66. The van der Waals surface area contributed by atoms with Crippen molar-refractivity contribution < 1.29 is 44.9 Å². The molecule has 4 fully saturated rings. The quantitative estimate of drug-likeness (QED) is 0.141. The highest BCUT2D eigenvalue weighted by atomic mass is 16.7. The van der Waals surface area contributed by atoms with Gasteiger partial charge in [-0.05, 0) is 119 Å². The van der Waals surface area contributed by atoms with Gasteiger partial charge in [0, 0.05) is 6.42 Å². The maximum Gasteiger partial charge on any atom is 0.303 e. The average Bonchev–Trinajstić information content (AvgIpc) is 3.33. The van der Waals surface area contributed by atoms with Gasteiger partial charge in [-0.3, -0.25) is 4.79 Å². The molecule has 9 nitrogen and oxygen atoms in total. The molecule has 3 saturated carbocycles. The molecule has 0 radical (unpaired) electrons. The summed E-state index contributed by atoms with van der Waals surface area (Å²) in [6.07, 6.45) is -1.99. The second kappa shape index (κ2) is 12.9. The van der Waals surface area contributed by atoms with Gasteiger partial charge in [-0.25, -0.2) is 0 Å². The second-order valence-electron chi connectivity index (χ2n) is 16.2. The Morgan fingerprint density at radius 2 is 1.67 bits per heavy atom. The molecule has 0 aromatic heterocycles. The predicted octanol–water partition coefficient (Wildman–Crippen LogP) is 4.58. The van der Waals surface area contributed by atoms with E-state index in [2.05, 4.69) is 33.9 Å². The molecule has 10 unspecified atom stereocenters. The van der Waals surface area contributed by atoms with Crippen LogP contribution in [-0.4, -0.2) is 85.1 Å². The number of allylic oxidation sites excluding steroid dienone is 1. The Kier molecular flexibility index (Phi) is 10.5. The number of aliphatic hydroxyl groups excluding tert-OH is 4. The van der Waals surface area contributed by atoms with Crippen molar-refractivity contribution >= 4 is 5.97 Å². The highest BCUT2D eigenvalue weighted by Gasteiger charge is 2.70. The number of fused-ring (bicyclic) bond motifs is 3. The molecule has 4 aliphatic rings. The van der Waals surface area contributed by atoms with E-state index in [1.54, 1.807) is 13.8 Å². The van der Waals surface area contributed by atoms with Gasteiger partial charge in [0.25, 0.3) is 0 Å². The number of aliphatic hydroxyl groups is 5. The number of hydrogen-bond donors (Lipinski definition) is 6. The van der Waals surface area contributed by atoms with Crippen LogP contribution in [0.2, 0.25) is 0 Å². The van der Waals surface area contributed by atoms with E-state index in [4.69, 9.17) is 9.47 Å². The van der Waals surface area contributed by atoms with Crippen LogP contribution in [0.5, 0.6) is 0 Å². The van der Waals surface area contributed by atoms with Gasteiger partial charge in [-0.1, -0.05) is 45.1 Å². The maximum absolute atomic E-state index is 12.1. The van der Waals surface area contributed by atoms with E-state index in [-0.39, 0.29) is 46.3 Å². The third-order valence-corrected chi connectivity index (χ3v) is 13.5. The minimum Gasteiger partial charge on any atom is -0.481 e. The summed E-state index contributed by atoms with van der Waals surface area (Å²) in [5.41, 5.74) is -0.308. The lowest BCUT2D eigenvalue weighted by Gasteiger charge is -2.68. The van der Waals surface area contributed by atoms with Crippen molar-refractivity contribution in [2.45, 2.75) is 155 Å². The summed E-state index contributed by atoms with van der Waals surface area (Å²) in [5, 5.41) is 64.4. The van der Waals surface area contributed by atoms with E-state index < -0.39 is 54.5 Å². The number of rotatable bonds is 11. The number of ether oxygens (including phenoxy) is 2. The summed E-state index contributed by atoms with van der Waals surface area (Å²) in [6, 6.07) is 0. The Bertz CT molecular complexity index is 1120. The van der Waals surface area contributed by atoms with Gasteiger partial charge in [0.1, 0.15) is 18.3 Å². The smallest absolute Gasteiger partial charge is 0.303 e. The van der Waals surface area contributed by atoms with Crippen LogP contribution in [0.3, 0.4) is 0 Å². The second-order valence-corrected chi connectivity index (χ2v) is 16.2. The van der Waals surface area contributed by atoms with Crippen LogP contribution in [0.15, 0.2) is 24.3 Å². The summed E-state index contributed by atoms with van der Waals surface area (Å²) in [5.74, 6) is -0.969. The fraction of sp³-hybridized carbons (Fsp3) is 0.861. The molecule has 15 atom stereocenters. The van der Waals surface area contributed by atoms with Gasteiger partial charge in [0.15, 0.2) is 6.29 Å². The number of carboxylic acid groups (broad SMARTS) is 1. The molecule has 9 heteroatoms. The third kappa shape index (κ3) is 6.32. The largest absolute Gasteiger partial charge is 0.481 e. The minimum atomic E-state index is -1.46. The van der Waals surface area contributed by atoms with Gasteiger partial charge >= 0.3 is 5.97 Å². The average molecular weight is 637 g/mol. The Labute approximate surface area is 269 Å². The van der Waals surface area contributed by atoms with Crippen LogP contribution >= 0.6 is 0 Å². The molecule has 4 rings (SSSR count). The zero-order valence-electron chi connectivity index (χ0n) is 28.5. The SMILES string of the molecule is C=C(C)C(O)CCC(C)(O)C1CCC2(C)C1C(O[C@@H]1O[C@H](C)[C@@H](O)[C@H](O)[C@H]1O)CC1C(C)(CCC(=O)O)C(C(=C)C)CCC12C. The van der Waals surface area contributed by atoms with E-state index in [0.717, 1.165) is 31.3 Å².